The Morgan fingerprint density at radius 2 is 2.11 bits per heavy atom. The molecule has 1 aromatic rings. The quantitative estimate of drug-likeness (QED) is 0.774. The van der Waals surface area contributed by atoms with Gasteiger partial charge in [-0.2, -0.15) is 4.80 Å². The first-order valence-corrected chi connectivity index (χ1v) is 6.73. The molecule has 2 fully saturated rings. The highest BCUT2D eigenvalue weighted by atomic mass is 16.2. The number of rotatable bonds is 3. The lowest BCUT2D eigenvalue weighted by Gasteiger charge is -2.31. The van der Waals surface area contributed by atoms with Gasteiger partial charge in [0.1, 0.15) is 0 Å². The average molecular weight is 265 g/mol. The molecule has 3 rings (SSSR count). The van der Waals surface area contributed by atoms with E-state index in [1.54, 1.807) is 11.9 Å². The summed E-state index contributed by atoms with van der Waals surface area (Å²) in [5, 5.41) is 15.2. The van der Waals surface area contributed by atoms with Crippen LogP contribution in [0.3, 0.4) is 0 Å². The van der Waals surface area contributed by atoms with E-state index in [9.17, 15) is 4.79 Å². The number of hydrogen-bond acceptors (Lipinski definition) is 5. The smallest absolute Gasteiger partial charge is 0.320 e. The van der Waals surface area contributed by atoms with Gasteiger partial charge in [0.2, 0.25) is 0 Å². The molecular formula is C11H19N7O. The Morgan fingerprint density at radius 1 is 1.32 bits per heavy atom. The van der Waals surface area contributed by atoms with Gasteiger partial charge in [-0.25, -0.2) is 4.79 Å². The topological polar surface area (TPSA) is 79.2 Å². The summed E-state index contributed by atoms with van der Waals surface area (Å²) in [6, 6.07) is 0.493. The molecule has 8 nitrogen and oxygen atoms in total. The molecule has 8 heteroatoms. The van der Waals surface area contributed by atoms with Gasteiger partial charge in [-0.15, -0.1) is 10.2 Å². The van der Waals surface area contributed by atoms with Crippen molar-refractivity contribution in [2.75, 3.05) is 26.2 Å². The summed E-state index contributed by atoms with van der Waals surface area (Å²) in [5.74, 6) is 0.600. The highest BCUT2D eigenvalue weighted by Crippen LogP contribution is 2.19. The predicted octanol–water partition coefficient (Wildman–Crippen LogP) is -0.800. The van der Waals surface area contributed by atoms with E-state index >= 15 is 0 Å². The zero-order valence-corrected chi connectivity index (χ0v) is 11.1. The Bertz CT molecular complexity index is 454. The van der Waals surface area contributed by atoms with Gasteiger partial charge in [0, 0.05) is 19.1 Å². The Hall–Kier alpha value is -1.70. The number of tetrazole rings is 1. The fourth-order valence-corrected chi connectivity index (χ4v) is 2.76. The van der Waals surface area contributed by atoms with Gasteiger partial charge in [-0.3, -0.25) is 0 Å². The van der Waals surface area contributed by atoms with Gasteiger partial charge in [0.05, 0.1) is 13.6 Å². The van der Waals surface area contributed by atoms with E-state index in [0.717, 1.165) is 39.0 Å². The molecule has 2 aliphatic rings. The summed E-state index contributed by atoms with van der Waals surface area (Å²) in [7, 11) is 1.73. The molecule has 2 aliphatic heterocycles. The molecule has 2 amide bonds. The van der Waals surface area contributed by atoms with Crippen molar-refractivity contribution in [3.05, 3.63) is 5.82 Å². The van der Waals surface area contributed by atoms with Crippen LogP contribution in [-0.4, -0.2) is 68.3 Å². The highest BCUT2D eigenvalue weighted by molar-refractivity contribution is 5.76. The van der Waals surface area contributed by atoms with Crippen LogP contribution in [0.2, 0.25) is 0 Å². The first-order valence-electron chi connectivity index (χ1n) is 6.73. The van der Waals surface area contributed by atoms with Crippen molar-refractivity contribution < 1.29 is 4.79 Å². The van der Waals surface area contributed by atoms with E-state index in [2.05, 4.69) is 20.7 Å². The highest BCUT2D eigenvalue weighted by Gasteiger charge is 2.34. The normalized spacial score (nSPS) is 21.4. The zero-order chi connectivity index (χ0) is 13.2. The van der Waals surface area contributed by atoms with E-state index in [1.807, 2.05) is 4.90 Å². The second kappa shape index (κ2) is 5.12. The van der Waals surface area contributed by atoms with Crippen LogP contribution >= 0.6 is 0 Å². The van der Waals surface area contributed by atoms with Crippen molar-refractivity contribution in [1.29, 1.82) is 0 Å². The van der Waals surface area contributed by atoms with Crippen LogP contribution in [0.5, 0.6) is 0 Å². The van der Waals surface area contributed by atoms with Gasteiger partial charge >= 0.3 is 6.03 Å². The van der Waals surface area contributed by atoms with E-state index in [4.69, 9.17) is 0 Å². The molecule has 0 spiro atoms. The monoisotopic (exact) mass is 265 g/mol. The number of aromatic nitrogens is 4. The maximum absolute atomic E-state index is 12.4. The molecule has 0 unspecified atom stereocenters. The standard InChI is InChI=1S/C11H19N7O/c1-16-14-10(13-15-16)8-17-6-7-18(11(17)19)9-2-4-12-5-3-9/h9,12H,2-8H2,1H3. The fraction of sp³-hybridized carbons (Fsp3) is 0.818. The van der Waals surface area contributed by atoms with E-state index in [0.29, 0.717) is 18.4 Å². The third-order valence-electron chi connectivity index (χ3n) is 3.76. The summed E-state index contributed by atoms with van der Waals surface area (Å²) in [6.07, 6.45) is 2.09. The Morgan fingerprint density at radius 3 is 2.79 bits per heavy atom. The van der Waals surface area contributed by atoms with Gasteiger partial charge < -0.3 is 15.1 Å². The molecule has 0 bridgehead atoms. The van der Waals surface area contributed by atoms with E-state index < -0.39 is 0 Å². The second-order valence-electron chi connectivity index (χ2n) is 5.07. The van der Waals surface area contributed by atoms with Crippen LogP contribution in [0.4, 0.5) is 4.79 Å². The minimum Gasteiger partial charge on any atom is -0.320 e. The summed E-state index contributed by atoms with van der Waals surface area (Å²) in [6.45, 7) is 4.01. The third-order valence-corrected chi connectivity index (χ3v) is 3.76. The molecule has 1 aromatic heterocycles. The lowest BCUT2D eigenvalue weighted by molar-refractivity contribution is 0.164. The Kier molecular flexibility index (Phi) is 3.33. The molecule has 1 N–H and O–H groups in total. The first-order chi connectivity index (χ1) is 9.24. The van der Waals surface area contributed by atoms with E-state index in [-0.39, 0.29) is 6.03 Å². The first kappa shape index (κ1) is 12.3. The number of carbonyl (C=O) groups excluding carboxylic acids is 1. The summed E-state index contributed by atoms with van der Waals surface area (Å²) < 4.78 is 0. The molecule has 3 heterocycles. The molecule has 0 aromatic carbocycles. The summed E-state index contributed by atoms with van der Waals surface area (Å²) >= 11 is 0. The second-order valence-corrected chi connectivity index (χ2v) is 5.07. The predicted molar refractivity (Wildman–Crippen MR) is 67.2 cm³/mol. The summed E-state index contributed by atoms with van der Waals surface area (Å²) in [4.78, 5) is 17.6. The number of urea groups is 1. The number of nitrogens with one attached hydrogen (secondary N) is 1. The van der Waals surface area contributed by atoms with Gasteiger partial charge in [-0.1, -0.05) is 0 Å². The van der Waals surface area contributed by atoms with Crippen molar-refractivity contribution in [2.45, 2.75) is 25.4 Å². The van der Waals surface area contributed by atoms with Gasteiger partial charge in [0.25, 0.3) is 0 Å². The lowest BCUT2D eigenvalue weighted by atomic mass is 10.1. The van der Waals surface area contributed by atoms with Crippen molar-refractivity contribution >= 4 is 6.03 Å². The zero-order valence-electron chi connectivity index (χ0n) is 11.1. The molecule has 0 radical (unpaired) electrons. The Balaban J connectivity index is 1.61. The molecular weight excluding hydrogens is 246 g/mol. The fourth-order valence-electron chi connectivity index (χ4n) is 2.76. The summed E-state index contributed by atoms with van der Waals surface area (Å²) in [5.41, 5.74) is 0. The Labute approximate surface area is 111 Å². The minimum atomic E-state index is 0.111. The number of carbonyl (C=O) groups is 1. The molecule has 2 saturated heterocycles. The van der Waals surface area contributed by atoms with Crippen LogP contribution in [0.15, 0.2) is 0 Å². The number of amides is 2. The number of aryl methyl sites for hydroxylation is 1. The average Bonchev–Trinajstić information content (AvgIpc) is 2.99. The minimum absolute atomic E-state index is 0.111. The van der Waals surface area contributed by atoms with Crippen LogP contribution in [0.25, 0.3) is 0 Å². The van der Waals surface area contributed by atoms with Crippen LogP contribution in [0, 0.1) is 0 Å². The van der Waals surface area contributed by atoms with Gasteiger partial charge in [-0.05, 0) is 31.1 Å². The molecule has 0 aliphatic carbocycles. The maximum atomic E-state index is 12.4. The third kappa shape index (κ3) is 2.53. The van der Waals surface area contributed by atoms with Crippen molar-refractivity contribution in [2.24, 2.45) is 7.05 Å². The number of nitrogens with zero attached hydrogens (tertiary/aromatic N) is 6. The van der Waals surface area contributed by atoms with Crippen LogP contribution in [0.1, 0.15) is 18.7 Å². The van der Waals surface area contributed by atoms with Crippen molar-refractivity contribution in [3.63, 3.8) is 0 Å². The SMILES string of the molecule is Cn1nnc(CN2CCN(C3CCNCC3)C2=O)n1. The van der Waals surface area contributed by atoms with Crippen molar-refractivity contribution in [1.82, 2.24) is 35.3 Å². The largest absolute Gasteiger partial charge is 0.320 e. The van der Waals surface area contributed by atoms with Crippen molar-refractivity contribution in [3.8, 4) is 0 Å². The molecule has 104 valence electrons. The number of piperidine rings is 1. The molecule has 0 atom stereocenters. The van der Waals surface area contributed by atoms with Gasteiger partial charge in [0.15, 0.2) is 5.82 Å². The maximum Gasteiger partial charge on any atom is 0.320 e. The van der Waals surface area contributed by atoms with Crippen LogP contribution in [-0.2, 0) is 13.6 Å². The molecule has 19 heavy (non-hydrogen) atoms. The number of hydrogen-bond donors (Lipinski definition) is 1. The lowest BCUT2D eigenvalue weighted by Crippen LogP contribution is -2.45. The molecule has 0 saturated carbocycles. The van der Waals surface area contributed by atoms with Crippen LogP contribution < -0.4 is 5.32 Å². The van der Waals surface area contributed by atoms with E-state index in [1.165, 1.54) is 4.80 Å².